The monoisotopic (exact) mass is 427 g/mol. The van der Waals surface area contributed by atoms with Gasteiger partial charge < -0.3 is 14.7 Å². The molecule has 0 saturated carbocycles. The Labute approximate surface area is 180 Å². The molecule has 7 heteroatoms. The van der Waals surface area contributed by atoms with Crippen LogP contribution >= 0.6 is 11.3 Å². The van der Waals surface area contributed by atoms with Crippen LogP contribution in [-0.2, 0) is 13.0 Å². The minimum Gasteiger partial charge on any atom is -0.489 e. The van der Waals surface area contributed by atoms with Crippen molar-refractivity contribution >= 4 is 31.6 Å². The first-order valence-electron chi connectivity index (χ1n) is 11.2. The van der Waals surface area contributed by atoms with Gasteiger partial charge in [0.2, 0.25) is 0 Å². The number of fused-ring (bicyclic) bond motifs is 4. The number of hydrogen-bond acceptors (Lipinski definition) is 6. The van der Waals surface area contributed by atoms with Crippen molar-refractivity contribution in [2.75, 3.05) is 26.2 Å². The van der Waals surface area contributed by atoms with Gasteiger partial charge in [0, 0.05) is 24.9 Å². The third kappa shape index (κ3) is 3.86. The molecule has 0 spiro atoms. The summed E-state index contributed by atoms with van der Waals surface area (Å²) >= 11 is 1.53. The molecule has 2 aromatic heterocycles. The lowest BCUT2D eigenvalue weighted by molar-refractivity contribution is 0.0623. The molecule has 0 aliphatic carbocycles. The van der Waals surface area contributed by atoms with Crippen LogP contribution in [-0.4, -0.2) is 51.9 Å². The summed E-state index contributed by atoms with van der Waals surface area (Å²) in [6, 6.07) is 5.84. The maximum absolute atomic E-state index is 13.2. The highest BCUT2D eigenvalue weighted by Crippen LogP contribution is 2.37. The Bertz CT molecular complexity index is 1100. The molecule has 3 aromatic rings. The van der Waals surface area contributed by atoms with E-state index in [1.165, 1.54) is 30.6 Å². The molecule has 1 atom stereocenters. The van der Waals surface area contributed by atoms with Crippen LogP contribution in [0.1, 0.15) is 44.3 Å². The highest BCUT2D eigenvalue weighted by molar-refractivity contribution is 7.25. The van der Waals surface area contributed by atoms with Gasteiger partial charge >= 0.3 is 0 Å². The molecule has 6 nitrogen and oxygen atoms in total. The highest BCUT2D eigenvalue weighted by Gasteiger charge is 2.20. The number of rotatable bonds is 5. The van der Waals surface area contributed by atoms with Gasteiger partial charge in [-0.3, -0.25) is 9.36 Å². The number of aromatic nitrogens is 2. The number of hydrogen-bond donors (Lipinski definition) is 1. The lowest BCUT2D eigenvalue weighted by atomic mass is 10.1. The second kappa shape index (κ2) is 8.65. The van der Waals surface area contributed by atoms with Crippen molar-refractivity contribution in [3.63, 3.8) is 0 Å². The second-order valence-electron chi connectivity index (χ2n) is 8.54. The summed E-state index contributed by atoms with van der Waals surface area (Å²) in [6.07, 6.45) is 7.32. The van der Waals surface area contributed by atoms with Crippen LogP contribution in [0.25, 0.3) is 20.3 Å². The van der Waals surface area contributed by atoms with E-state index >= 15 is 0 Å². The Balaban J connectivity index is 1.42. The van der Waals surface area contributed by atoms with Gasteiger partial charge in [-0.25, -0.2) is 4.98 Å². The van der Waals surface area contributed by atoms with Crippen molar-refractivity contribution in [2.24, 2.45) is 0 Å². The highest BCUT2D eigenvalue weighted by atomic mass is 32.1. The number of β-amino-alcohol motifs (C(OH)–C–C–N with tert-alkyl or cyclic N) is 1. The van der Waals surface area contributed by atoms with Gasteiger partial charge in [-0.1, -0.05) is 25.0 Å². The summed E-state index contributed by atoms with van der Waals surface area (Å²) in [5, 5.41) is 12.1. The van der Waals surface area contributed by atoms with Crippen LogP contribution in [0.5, 0.6) is 5.75 Å². The Morgan fingerprint density at radius 2 is 1.90 bits per heavy atom. The minimum absolute atomic E-state index is 0.0745. The molecule has 0 bridgehead atoms. The molecule has 30 heavy (non-hydrogen) atoms. The van der Waals surface area contributed by atoms with Gasteiger partial charge in [0.1, 0.15) is 29.1 Å². The molecule has 160 valence electrons. The van der Waals surface area contributed by atoms with Gasteiger partial charge in [-0.05, 0) is 44.8 Å². The van der Waals surface area contributed by atoms with E-state index in [0.29, 0.717) is 11.9 Å². The molecular weight excluding hydrogens is 398 g/mol. The Morgan fingerprint density at radius 1 is 1.10 bits per heavy atom. The summed E-state index contributed by atoms with van der Waals surface area (Å²) < 4.78 is 8.85. The predicted molar refractivity (Wildman–Crippen MR) is 121 cm³/mol. The van der Waals surface area contributed by atoms with Crippen molar-refractivity contribution in [2.45, 2.75) is 57.6 Å². The topological polar surface area (TPSA) is 67.6 Å². The summed E-state index contributed by atoms with van der Waals surface area (Å²) in [5.41, 5.74) is 0.0745. The number of ether oxygens (including phenoxy) is 1. The molecule has 5 rings (SSSR count). The Morgan fingerprint density at radius 3 is 2.77 bits per heavy atom. The van der Waals surface area contributed by atoms with Crippen LogP contribution in [0.3, 0.4) is 0 Å². The van der Waals surface area contributed by atoms with Crippen LogP contribution < -0.4 is 10.3 Å². The molecule has 1 saturated heterocycles. The zero-order chi connectivity index (χ0) is 20.5. The van der Waals surface area contributed by atoms with E-state index in [2.05, 4.69) is 4.90 Å². The van der Waals surface area contributed by atoms with Crippen molar-refractivity contribution < 1.29 is 9.84 Å². The molecular formula is C23H29N3O3S. The summed E-state index contributed by atoms with van der Waals surface area (Å²) in [5.74, 6) is 1.64. The van der Waals surface area contributed by atoms with Gasteiger partial charge in [0.25, 0.3) is 5.56 Å². The van der Waals surface area contributed by atoms with Gasteiger partial charge in [0.15, 0.2) is 0 Å². The second-order valence-corrected chi connectivity index (χ2v) is 9.54. The van der Waals surface area contributed by atoms with Gasteiger partial charge in [-0.15, -0.1) is 11.3 Å². The Kier molecular flexibility index (Phi) is 5.76. The van der Waals surface area contributed by atoms with Crippen molar-refractivity contribution in [1.29, 1.82) is 0 Å². The average Bonchev–Trinajstić information content (AvgIpc) is 2.96. The van der Waals surface area contributed by atoms with Crippen molar-refractivity contribution in [3.8, 4) is 5.75 Å². The smallest absolute Gasteiger partial charge is 0.262 e. The zero-order valence-electron chi connectivity index (χ0n) is 17.3. The molecule has 1 unspecified atom stereocenters. The minimum atomic E-state index is -0.521. The summed E-state index contributed by atoms with van der Waals surface area (Å²) in [6.45, 7) is 3.78. The normalized spacial score (nSPS) is 19.0. The number of benzene rings is 1. The average molecular weight is 428 g/mol. The van der Waals surface area contributed by atoms with Gasteiger partial charge in [-0.2, -0.15) is 0 Å². The van der Waals surface area contributed by atoms with Crippen molar-refractivity contribution in [3.05, 3.63) is 34.4 Å². The maximum atomic E-state index is 13.2. The fourth-order valence-electron chi connectivity index (χ4n) is 4.74. The largest absolute Gasteiger partial charge is 0.489 e. The number of thiophene rings is 1. The molecule has 2 aliphatic heterocycles. The number of aliphatic hydroxyl groups is 1. The first-order valence-corrected chi connectivity index (χ1v) is 12.0. The quantitative estimate of drug-likeness (QED) is 0.674. The molecule has 1 N–H and O–H groups in total. The number of aliphatic hydroxyl groups excluding tert-OH is 1. The fraction of sp³-hybridized carbons (Fsp3) is 0.565. The molecule has 1 fully saturated rings. The lowest BCUT2D eigenvalue weighted by Gasteiger charge is -2.28. The van der Waals surface area contributed by atoms with E-state index < -0.39 is 6.10 Å². The predicted octanol–water partition coefficient (Wildman–Crippen LogP) is 3.56. The summed E-state index contributed by atoms with van der Waals surface area (Å²) in [4.78, 5) is 21.2. The standard InChI is InChI=1S/C23H29N3O3S/c27-16(14-25-11-4-2-5-12-25)15-29-18-9-7-8-17-20-22(30-21(17)18)24-19-10-3-1-6-13-26(19)23(20)28/h7-9,16,27H,1-6,10-15H2. The third-order valence-electron chi connectivity index (χ3n) is 6.29. The molecule has 1 aromatic carbocycles. The fourth-order valence-corrected chi connectivity index (χ4v) is 5.89. The maximum Gasteiger partial charge on any atom is 0.262 e. The van der Waals surface area contributed by atoms with Crippen LogP contribution in [0.2, 0.25) is 0 Å². The Hall–Kier alpha value is -1.96. The van der Waals surface area contributed by atoms with Gasteiger partial charge in [0.05, 0.1) is 10.1 Å². The first kappa shape index (κ1) is 20.0. The van der Waals surface area contributed by atoms with E-state index in [4.69, 9.17) is 9.72 Å². The molecule has 0 radical (unpaired) electrons. The zero-order valence-corrected chi connectivity index (χ0v) is 18.1. The van der Waals surface area contributed by atoms with Crippen LogP contribution in [0.15, 0.2) is 23.0 Å². The number of piperidine rings is 1. The molecule has 0 amide bonds. The van der Waals surface area contributed by atoms with E-state index in [1.807, 2.05) is 22.8 Å². The van der Waals surface area contributed by atoms with E-state index in [0.717, 1.165) is 71.8 Å². The summed E-state index contributed by atoms with van der Waals surface area (Å²) in [7, 11) is 0. The van der Waals surface area contributed by atoms with E-state index in [9.17, 15) is 9.90 Å². The molecule has 4 heterocycles. The van der Waals surface area contributed by atoms with E-state index in [1.54, 1.807) is 0 Å². The number of likely N-dealkylation sites (tertiary alicyclic amines) is 1. The third-order valence-corrected chi connectivity index (χ3v) is 7.41. The van der Waals surface area contributed by atoms with E-state index in [-0.39, 0.29) is 12.2 Å². The van der Waals surface area contributed by atoms with Crippen LogP contribution in [0, 0.1) is 0 Å². The van der Waals surface area contributed by atoms with Crippen LogP contribution in [0.4, 0.5) is 0 Å². The molecule has 2 aliphatic rings. The lowest BCUT2D eigenvalue weighted by Crippen LogP contribution is -2.38. The number of aryl methyl sites for hydroxylation is 1. The van der Waals surface area contributed by atoms with Crippen molar-refractivity contribution in [1.82, 2.24) is 14.5 Å². The SMILES string of the molecule is O=c1c2c(nc3n1CCCCC3)sc1c(OCC(O)CN3CCCCC3)cccc12. The number of nitrogens with zero attached hydrogens (tertiary/aromatic N) is 3. The first-order chi connectivity index (χ1) is 14.7.